The molecule has 0 bridgehead atoms. The molecule has 31 heavy (non-hydrogen) atoms. The van der Waals surface area contributed by atoms with Crippen molar-refractivity contribution in [1.82, 2.24) is 4.57 Å². The highest BCUT2D eigenvalue weighted by Gasteiger charge is 2.20. The summed E-state index contributed by atoms with van der Waals surface area (Å²) in [4.78, 5) is 0. The van der Waals surface area contributed by atoms with Crippen LogP contribution in [0.5, 0.6) is 0 Å². The van der Waals surface area contributed by atoms with E-state index in [4.69, 9.17) is 0 Å². The number of hydrogen-bond donors (Lipinski definition) is 1. The molecule has 0 aliphatic heterocycles. The van der Waals surface area contributed by atoms with Gasteiger partial charge in [-0.3, -0.25) is 0 Å². The Kier molecular flexibility index (Phi) is 5.73. The fourth-order valence-electron chi connectivity index (χ4n) is 4.29. The standard InChI is InChI=1S/C29H32N2/c1-6-7-8-11-21(2)30-24-17-14-22(15-18-24)23-16-19-28-26(20-23)25-12-9-10-13-27(25)31(28)29(3,4)5/h6-21,30H,1-5H3/b7-6-,11-8-. The summed E-state index contributed by atoms with van der Waals surface area (Å²) in [5, 5.41) is 6.16. The maximum absolute atomic E-state index is 3.53. The Hall–Kier alpha value is -3.26. The number of rotatable bonds is 5. The van der Waals surface area contributed by atoms with E-state index in [0.29, 0.717) is 0 Å². The Balaban J connectivity index is 1.69. The number of anilines is 1. The first-order valence-corrected chi connectivity index (χ1v) is 11.1. The maximum atomic E-state index is 3.53. The summed E-state index contributed by atoms with van der Waals surface area (Å²) in [7, 11) is 0. The molecule has 1 aromatic heterocycles. The van der Waals surface area contributed by atoms with Crippen LogP contribution in [0, 0.1) is 0 Å². The topological polar surface area (TPSA) is 17.0 Å². The first-order chi connectivity index (χ1) is 14.9. The lowest BCUT2D eigenvalue weighted by molar-refractivity contribution is 0.423. The first kappa shape index (κ1) is 21.0. The van der Waals surface area contributed by atoms with Crippen molar-refractivity contribution in [3.05, 3.63) is 91.0 Å². The predicted molar refractivity (Wildman–Crippen MR) is 137 cm³/mol. The normalized spacial score (nSPS) is 13.6. The van der Waals surface area contributed by atoms with Crippen molar-refractivity contribution in [3.8, 4) is 11.1 Å². The lowest BCUT2D eigenvalue weighted by Crippen LogP contribution is -2.21. The summed E-state index contributed by atoms with van der Waals surface area (Å²) in [5.74, 6) is 0. The van der Waals surface area contributed by atoms with Crippen LogP contribution in [0.15, 0.2) is 91.0 Å². The van der Waals surface area contributed by atoms with Crippen LogP contribution in [0.3, 0.4) is 0 Å². The highest BCUT2D eigenvalue weighted by molar-refractivity contribution is 6.09. The monoisotopic (exact) mass is 408 g/mol. The molecule has 0 fully saturated rings. The van der Waals surface area contributed by atoms with Gasteiger partial charge in [-0.1, -0.05) is 60.7 Å². The molecule has 1 unspecified atom stereocenters. The summed E-state index contributed by atoms with van der Waals surface area (Å²) in [6.45, 7) is 11.0. The van der Waals surface area contributed by atoms with Gasteiger partial charge in [-0.2, -0.15) is 0 Å². The molecule has 4 aromatic rings. The van der Waals surface area contributed by atoms with Crippen LogP contribution in [0.4, 0.5) is 5.69 Å². The molecular weight excluding hydrogens is 376 g/mol. The van der Waals surface area contributed by atoms with Crippen LogP contribution >= 0.6 is 0 Å². The van der Waals surface area contributed by atoms with E-state index in [1.54, 1.807) is 0 Å². The molecule has 0 spiro atoms. The third-order valence-electron chi connectivity index (χ3n) is 5.66. The summed E-state index contributed by atoms with van der Waals surface area (Å²) >= 11 is 0. The molecule has 0 aliphatic carbocycles. The Bertz CT molecular complexity index is 1250. The Morgan fingerprint density at radius 2 is 1.48 bits per heavy atom. The van der Waals surface area contributed by atoms with Gasteiger partial charge in [-0.25, -0.2) is 0 Å². The summed E-state index contributed by atoms with van der Waals surface area (Å²) < 4.78 is 2.46. The second-order valence-corrected chi connectivity index (χ2v) is 9.18. The molecule has 2 heteroatoms. The molecule has 158 valence electrons. The number of para-hydroxylation sites is 1. The Labute approximate surface area is 185 Å². The van der Waals surface area contributed by atoms with Crippen molar-refractivity contribution >= 4 is 27.5 Å². The van der Waals surface area contributed by atoms with E-state index in [-0.39, 0.29) is 11.6 Å². The Morgan fingerprint density at radius 3 is 2.19 bits per heavy atom. The molecule has 4 rings (SSSR count). The van der Waals surface area contributed by atoms with Gasteiger partial charge < -0.3 is 9.88 Å². The molecule has 3 aromatic carbocycles. The number of allylic oxidation sites excluding steroid dienone is 3. The van der Waals surface area contributed by atoms with Crippen LogP contribution in [0.2, 0.25) is 0 Å². The highest BCUT2D eigenvalue weighted by Crippen LogP contribution is 2.36. The largest absolute Gasteiger partial charge is 0.379 e. The third kappa shape index (κ3) is 4.29. The lowest BCUT2D eigenvalue weighted by Gasteiger charge is -2.24. The van der Waals surface area contributed by atoms with E-state index in [9.17, 15) is 0 Å². The van der Waals surface area contributed by atoms with Crippen molar-refractivity contribution in [1.29, 1.82) is 0 Å². The third-order valence-corrected chi connectivity index (χ3v) is 5.66. The van der Waals surface area contributed by atoms with Gasteiger partial charge in [0.2, 0.25) is 0 Å². The zero-order chi connectivity index (χ0) is 22.0. The molecule has 0 saturated carbocycles. The van der Waals surface area contributed by atoms with E-state index >= 15 is 0 Å². The first-order valence-electron chi connectivity index (χ1n) is 11.1. The Morgan fingerprint density at radius 1 is 0.806 bits per heavy atom. The van der Waals surface area contributed by atoms with Crippen molar-refractivity contribution in [2.75, 3.05) is 5.32 Å². The van der Waals surface area contributed by atoms with E-state index in [2.05, 4.69) is 116 Å². The molecular formula is C29H32N2. The minimum absolute atomic E-state index is 0.0221. The van der Waals surface area contributed by atoms with Crippen LogP contribution < -0.4 is 5.32 Å². The summed E-state index contributed by atoms with van der Waals surface area (Å²) in [6, 6.07) is 24.6. The van der Waals surface area contributed by atoms with Gasteiger partial charge in [0.1, 0.15) is 0 Å². The fourth-order valence-corrected chi connectivity index (χ4v) is 4.29. The molecule has 0 aliphatic rings. The average molecular weight is 409 g/mol. The number of hydrogen-bond acceptors (Lipinski definition) is 1. The van der Waals surface area contributed by atoms with Crippen molar-refractivity contribution in [2.24, 2.45) is 0 Å². The number of nitrogens with one attached hydrogen (secondary N) is 1. The molecule has 0 radical (unpaired) electrons. The van der Waals surface area contributed by atoms with E-state index in [0.717, 1.165) is 5.69 Å². The second kappa shape index (κ2) is 8.47. The van der Waals surface area contributed by atoms with Gasteiger partial charge in [0, 0.05) is 39.1 Å². The van der Waals surface area contributed by atoms with Crippen LogP contribution in [0.1, 0.15) is 34.6 Å². The van der Waals surface area contributed by atoms with Gasteiger partial charge in [-0.15, -0.1) is 0 Å². The van der Waals surface area contributed by atoms with E-state index < -0.39 is 0 Å². The quantitative estimate of drug-likeness (QED) is 0.330. The van der Waals surface area contributed by atoms with E-state index in [1.165, 1.54) is 32.9 Å². The molecule has 1 heterocycles. The predicted octanol–water partition coefficient (Wildman–Crippen LogP) is 8.15. The van der Waals surface area contributed by atoms with Crippen LogP contribution in [0.25, 0.3) is 32.9 Å². The average Bonchev–Trinajstić information content (AvgIpc) is 3.08. The van der Waals surface area contributed by atoms with E-state index in [1.807, 2.05) is 19.1 Å². The lowest BCUT2D eigenvalue weighted by atomic mass is 10.0. The number of aromatic nitrogens is 1. The summed E-state index contributed by atoms with van der Waals surface area (Å²) in [6.07, 6.45) is 8.32. The zero-order valence-electron chi connectivity index (χ0n) is 19.2. The second-order valence-electron chi connectivity index (χ2n) is 9.18. The maximum Gasteiger partial charge on any atom is 0.0496 e. The number of benzene rings is 3. The van der Waals surface area contributed by atoms with Crippen molar-refractivity contribution in [3.63, 3.8) is 0 Å². The van der Waals surface area contributed by atoms with Crippen LogP contribution in [-0.4, -0.2) is 10.6 Å². The number of fused-ring (bicyclic) bond motifs is 3. The van der Waals surface area contributed by atoms with Gasteiger partial charge in [-0.05, 0) is 76.1 Å². The highest BCUT2D eigenvalue weighted by atomic mass is 15.0. The van der Waals surface area contributed by atoms with Gasteiger partial charge in [0.05, 0.1) is 0 Å². The van der Waals surface area contributed by atoms with Crippen molar-refractivity contribution in [2.45, 2.75) is 46.2 Å². The molecule has 1 atom stereocenters. The summed E-state index contributed by atoms with van der Waals surface area (Å²) in [5.41, 5.74) is 6.22. The van der Waals surface area contributed by atoms with Gasteiger partial charge in [0.15, 0.2) is 0 Å². The molecule has 1 N–H and O–H groups in total. The fraction of sp³-hybridized carbons (Fsp3) is 0.241. The van der Waals surface area contributed by atoms with Gasteiger partial charge in [0.25, 0.3) is 0 Å². The SMILES string of the molecule is C/C=C\C=C/C(C)Nc1ccc(-c2ccc3c(c2)c2ccccc2n3C(C)(C)C)cc1. The number of nitrogens with zero attached hydrogens (tertiary/aromatic N) is 1. The molecule has 0 saturated heterocycles. The van der Waals surface area contributed by atoms with Gasteiger partial charge >= 0.3 is 0 Å². The zero-order valence-corrected chi connectivity index (χ0v) is 19.2. The minimum Gasteiger partial charge on any atom is -0.379 e. The molecule has 0 amide bonds. The molecule has 2 nitrogen and oxygen atoms in total. The minimum atomic E-state index is 0.0221. The van der Waals surface area contributed by atoms with Crippen molar-refractivity contribution < 1.29 is 0 Å². The smallest absolute Gasteiger partial charge is 0.0496 e. The van der Waals surface area contributed by atoms with Crippen LogP contribution in [-0.2, 0) is 5.54 Å².